The molecule has 2 aromatic heterocycles. The Balaban J connectivity index is 2.06. The molecular weight excluding hydrogens is 310 g/mol. The van der Waals surface area contributed by atoms with Crippen molar-refractivity contribution < 1.29 is 0 Å². The van der Waals surface area contributed by atoms with Crippen molar-refractivity contribution in [3.8, 4) is 10.7 Å². The molecule has 0 unspecified atom stereocenters. The van der Waals surface area contributed by atoms with E-state index in [1.807, 2.05) is 6.92 Å². The van der Waals surface area contributed by atoms with Crippen LogP contribution in [0.3, 0.4) is 0 Å². The fourth-order valence-corrected chi connectivity index (χ4v) is 3.37. The summed E-state index contributed by atoms with van der Waals surface area (Å²) in [5, 5.41) is 3.51. The third kappa shape index (κ3) is 2.81. The third-order valence-electron chi connectivity index (χ3n) is 3.47. The summed E-state index contributed by atoms with van der Waals surface area (Å²) in [5.74, 6) is 1.09. The summed E-state index contributed by atoms with van der Waals surface area (Å²) < 4.78 is 0. The quantitative estimate of drug-likeness (QED) is 0.878. The first-order valence-electron chi connectivity index (χ1n) is 6.75. The highest BCUT2D eigenvalue weighted by Gasteiger charge is 2.22. The van der Waals surface area contributed by atoms with Gasteiger partial charge in [-0.15, -0.1) is 11.3 Å². The van der Waals surface area contributed by atoms with Gasteiger partial charge in [-0.05, 0) is 13.8 Å². The number of rotatable bonds is 2. The highest BCUT2D eigenvalue weighted by Crippen LogP contribution is 2.27. The zero-order valence-electron chi connectivity index (χ0n) is 11.8. The fourth-order valence-electron chi connectivity index (χ4n) is 2.42. The van der Waals surface area contributed by atoms with Crippen molar-refractivity contribution in [2.75, 3.05) is 24.5 Å². The standard InChI is InChI=1S/C13H16ClN5OS/c1-7-5-19(4-3-15-7)12-9(14)13(20)18-11(17-12)10-8(2)16-6-21-10/h6-7,15H,3-5H2,1-2H3,(H,17,18,20)/t7-/m1/s1. The number of hydrogen-bond donors (Lipinski definition) is 2. The Morgan fingerprint density at radius 3 is 3.00 bits per heavy atom. The molecule has 0 amide bonds. The van der Waals surface area contributed by atoms with Gasteiger partial charge in [0.2, 0.25) is 0 Å². The van der Waals surface area contributed by atoms with E-state index in [0.717, 1.165) is 30.2 Å². The van der Waals surface area contributed by atoms with Gasteiger partial charge in [-0.2, -0.15) is 0 Å². The molecule has 1 saturated heterocycles. The minimum Gasteiger partial charge on any atom is -0.352 e. The van der Waals surface area contributed by atoms with Crippen LogP contribution in [0.4, 0.5) is 5.82 Å². The molecule has 0 spiro atoms. The molecule has 0 radical (unpaired) electrons. The van der Waals surface area contributed by atoms with Gasteiger partial charge in [0.15, 0.2) is 11.6 Å². The lowest BCUT2D eigenvalue weighted by atomic mass is 10.2. The largest absolute Gasteiger partial charge is 0.352 e. The Morgan fingerprint density at radius 1 is 1.52 bits per heavy atom. The van der Waals surface area contributed by atoms with Crippen LogP contribution in [0.5, 0.6) is 0 Å². The number of thiazole rings is 1. The molecule has 1 aliphatic heterocycles. The van der Waals surface area contributed by atoms with Gasteiger partial charge in [0.05, 0.1) is 16.1 Å². The lowest BCUT2D eigenvalue weighted by Gasteiger charge is -2.33. The maximum absolute atomic E-state index is 12.1. The van der Waals surface area contributed by atoms with Gasteiger partial charge < -0.3 is 15.2 Å². The van der Waals surface area contributed by atoms with E-state index < -0.39 is 0 Å². The topological polar surface area (TPSA) is 73.9 Å². The van der Waals surface area contributed by atoms with E-state index >= 15 is 0 Å². The molecule has 3 heterocycles. The van der Waals surface area contributed by atoms with Crippen LogP contribution in [-0.2, 0) is 0 Å². The predicted molar refractivity (Wildman–Crippen MR) is 85.4 cm³/mol. The summed E-state index contributed by atoms with van der Waals surface area (Å²) in [5.41, 5.74) is 2.28. The van der Waals surface area contributed by atoms with E-state index in [2.05, 4.69) is 32.1 Å². The summed E-state index contributed by atoms with van der Waals surface area (Å²) in [7, 11) is 0. The van der Waals surface area contributed by atoms with Crippen molar-refractivity contribution in [3.05, 3.63) is 26.6 Å². The van der Waals surface area contributed by atoms with Crippen molar-refractivity contribution in [2.45, 2.75) is 19.9 Å². The van der Waals surface area contributed by atoms with Gasteiger partial charge in [0.1, 0.15) is 5.02 Å². The molecule has 0 aliphatic carbocycles. The average molecular weight is 326 g/mol. The van der Waals surface area contributed by atoms with Crippen LogP contribution in [-0.4, -0.2) is 40.6 Å². The first kappa shape index (κ1) is 14.5. The third-order valence-corrected chi connectivity index (χ3v) is 4.75. The lowest BCUT2D eigenvalue weighted by molar-refractivity contribution is 0.482. The number of aromatic amines is 1. The van der Waals surface area contributed by atoms with Gasteiger partial charge in [0, 0.05) is 25.7 Å². The Bertz CT molecular complexity index is 713. The van der Waals surface area contributed by atoms with E-state index in [9.17, 15) is 4.79 Å². The molecular formula is C13H16ClN5OS. The summed E-state index contributed by atoms with van der Waals surface area (Å²) in [6.07, 6.45) is 0. The second-order valence-electron chi connectivity index (χ2n) is 5.12. The first-order valence-corrected chi connectivity index (χ1v) is 8.00. The number of nitrogens with zero attached hydrogens (tertiary/aromatic N) is 3. The SMILES string of the molecule is Cc1ncsc1-c1nc(N2CCN[C@H](C)C2)c(Cl)c(=O)[nH]1. The van der Waals surface area contributed by atoms with Crippen molar-refractivity contribution in [1.82, 2.24) is 20.3 Å². The maximum Gasteiger partial charge on any atom is 0.272 e. The molecule has 0 aromatic carbocycles. The number of nitrogens with one attached hydrogen (secondary N) is 2. The molecule has 8 heteroatoms. The van der Waals surface area contributed by atoms with E-state index in [4.69, 9.17) is 11.6 Å². The van der Waals surface area contributed by atoms with Gasteiger partial charge >= 0.3 is 0 Å². The number of hydrogen-bond acceptors (Lipinski definition) is 6. The van der Waals surface area contributed by atoms with E-state index in [-0.39, 0.29) is 10.6 Å². The minimum absolute atomic E-state index is 0.148. The summed E-state index contributed by atoms with van der Waals surface area (Å²) in [6, 6.07) is 0.337. The summed E-state index contributed by atoms with van der Waals surface area (Å²) >= 11 is 7.62. The number of anilines is 1. The molecule has 1 fully saturated rings. The second-order valence-corrected chi connectivity index (χ2v) is 6.35. The highest BCUT2D eigenvalue weighted by atomic mass is 35.5. The molecule has 0 bridgehead atoms. The van der Waals surface area contributed by atoms with Crippen molar-refractivity contribution in [1.29, 1.82) is 0 Å². The van der Waals surface area contributed by atoms with E-state index in [1.54, 1.807) is 5.51 Å². The van der Waals surface area contributed by atoms with Crippen molar-refractivity contribution in [3.63, 3.8) is 0 Å². The molecule has 112 valence electrons. The lowest BCUT2D eigenvalue weighted by Crippen LogP contribution is -2.50. The van der Waals surface area contributed by atoms with Crippen LogP contribution in [0.2, 0.25) is 5.02 Å². The molecule has 2 N–H and O–H groups in total. The molecule has 0 saturated carbocycles. The minimum atomic E-state index is -0.310. The Hall–Kier alpha value is -1.44. The molecule has 21 heavy (non-hydrogen) atoms. The van der Waals surface area contributed by atoms with E-state index in [0.29, 0.717) is 17.7 Å². The van der Waals surface area contributed by atoms with Crippen LogP contribution in [0.15, 0.2) is 10.3 Å². The van der Waals surface area contributed by atoms with Crippen LogP contribution in [0.1, 0.15) is 12.6 Å². The van der Waals surface area contributed by atoms with Crippen molar-refractivity contribution in [2.24, 2.45) is 0 Å². The number of aromatic nitrogens is 3. The fraction of sp³-hybridized carbons (Fsp3) is 0.462. The normalized spacial score (nSPS) is 19.0. The van der Waals surface area contributed by atoms with Crippen LogP contribution < -0.4 is 15.8 Å². The average Bonchev–Trinajstić information content (AvgIpc) is 2.88. The molecule has 1 aliphatic rings. The van der Waals surface area contributed by atoms with Crippen LogP contribution in [0.25, 0.3) is 10.7 Å². The molecule has 2 aromatic rings. The zero-order chi connectivity index (χ0) is 15.0. The van der Waals surface area contributed by atoms with E-state index in [1.165, 1.54) is 11.3 Å². The first-order chi connectivity index (χ1) is 10.1. The molecule has 6 nitrogen and oxygen atoms in total. The second kappa shape index (κ2) is 5.75. The van der Waals surface area contributed by atoms with Crippen LogP contribution in [0, 0.1) is 6.92 Å². The molecule has 1 atom stereocenters. The van der Waals surface area contributed by atoms with Crippen molar-refractivity contribution >= 4 is 28.8 Å². The van der Waals surface area contributed by atoms with Gasteiger partial charge in [-0.25, -0.2) is 9.97 Å². The zero-order valence-corrected chi connectivity index (χ0v) is 13.4. The Morgan fingerprint density at radius 2 is 2.33 bits per heavy atom. The number of H-pyrrole nitrogens is 1. The monoisotopic (exact) mass is 325 g/mol. The number of piperazine rings is 1. The summed E-state index contributed by atoms with van der Waals surface area (Å²) in [4.78, 5) is 26.5. The predicted octanol–water partition coefficient (Wildman–Crippen LogP) is 1.65. The van der Waals surface area contributed by atoms with Gasteiger partial charge in [-0.3, -0.25) is 4.79 Å². The number of halogens is 1. The Labute approximate surface area is 131 Å². The van der Waals surface area contributed by atoms with Gasteiger partial charge in [0.25, 0.3) is 5.56 Å². The highest BCUT2D eigenvalue weighted by molar-refractivity contribution is 7.13. The number of aryl methyl sites for hydroxylation is 1. The Kier molecular flexibility index (Phi) is 3.97. The van der Waals surface area contributed by atoms with Gasteiger partial charge in [-0.1, -0.05) is 11.6 Å². The summed E-state index contributed by atoms with van der Waals surface area (Å²) in [6.45, 7) is 6.40. The smallest absolute Gasteiger partial charge is 0.272 e. The van der Waals surface area contributed by atoms with Crippen LogP contribution >= 0.6 is 22.9 Å². The molecule has 3 rings (SSSR count). The maximum atomic E-state index is 12.1.